The van der Waals surface area contributed by atoms with E-state index in [2.05, 4.69) is 119 Å². The van der Waals surface area contributed by atoms with Gasteiger partial charge in [0.2, 0.25) is 0 Å². The van der Waals surface area contributed by atoms with Crippen LogP contribution < -0.4 is 0 Å². The van der Waals surface area contributed by atoms with Crippen LogP contribution in [0.3, 0.4) is 0 Å². The Morgan fingerprint density at radius 2 is 0.978 bits per heavy atom. The molecule has 4 nitrogen and oxygen atoms in total. The molecule has 0 saturated carbocycles. The minimum absolute atomic E-state index is 0.944. The van der Waals surface area contributed by atoms with Crippen molar-refractivity contribution in [3.8, 4) is 44.6 Å². The van der Waals surface area contributed by atoms with Gasteiger partial charge in [-0.25, -0.2) is 4.98 Å². The van der Waals surface area contributed by atoms with Gasteiger partial charge in [-0.15, -0.1) is 0 Å². The van der Waals surface area contributed by atoms with Gasteiger partial charge in [0.25, 0.3) is 0 Å². The molecule has 214 valence electrons. The van der Waals surface area contributed by atoms with E-state index in [-0.39, 0.29) is 0 Å². The Balaban J connectivity index is 1.36. The number of aromatic nitrogens is 4. The molecule has 4 aromatic heterocycles. The monoisotopic (exact) mass is 586 g/mol. The van der Waals surface area contributed by atoms with Crippen LogP contribution in [0.4, 0.5) is 0 Å². The molecule has 0 fully saturated rings. The van der Waals surface area contributed by atoms with Gasteiger partial charge >= 0.3 is 0 Å². The summed E-state index contributed by atoms with van der Waals surface area (Å²) < 4.78 is 0. The van der Waals surface area contributed by atoms with Crippen molar-refractivity contribution in [1.29, 1.82) is 0 Å². The fourth-order valence-electron chi connectivity index (χ4n) is 6.72. The topological polar surface area (TPSA) is 51.6 Å². The first kappa shape index (κ1) is 26.2. The van der Waals surface area contributed by atoms with Crippen LogP contribution in [-0.4, -0.2) is 19.9 Å². The molecule has 0 atom stereocenters. The molecule has 9 rings (SSSR count). The number of nitrogens with zero attached hydrogens (tertiary/aromatic N) is 4. The molecule has 0 N–H and O–H groups in total. The van der Waals surface area contributed by atoms with Crippen LogP contribution in [0, 0.1) is 0 Å². The number of rotatable bonds is 4. The Hall–Kier alpha value is -6.26. The second kappa shape index (κ2) is 10.7. The number of hydrogen-bond acceptors (Lipinski definition) is 4. The smallest absolute Gasteiger partial charge is 0.0794 e. The highest BCUT2D eigenvalue weighted by atomic mass is 14.7. The van der Waals surface area contributed by atoms with Gasteiger partial charge < -0.3 is 0 Å². The lowest BCUT2D eigenvalue weighted by Crippen LogP contribution is -1.94. The van der Waals surface area contributed by atoms with Gasteiger partial charge in [0.15, 0.2) is 0 Å². The van der Waals surface area contributed by atoms with Crippen LogP contribution in [0.15, 0.2) is 158 Å². The molecule has 0 spiro atoms. The molecule has 0 aliphatic carbocycles. The van der Waals surface area contributed by atoms with Gasteiger partial charge in [-0.05, 0) is 70.1 Å². The van der Waals surface area contributed by atoms with Gasteiger partial charge in [0.1, 0.15) is 0 Å². The van der Waals surface area contributed by atoms with E-state index in [0.29, 0.717) is 0 Å². The van der Waals surface area contributed by atoms with Crippen molar-refractivity contribution in [2.45, 2.75) is 0 Å². The summed E-state index contributed by atoms with van der Waals surface area (Å²) in [5, 5.41) is 6.86. The molecule has 0 radical (unpaired) electrons. The zero-order valence-electron chi connectivity index (χ0n) is 24.8. The fourth-order valence-corrected chi connectivity index (χ4v) is 6.72. The highest BCUT2D eigenvalue weighted by Crippen LogP contribution is 2.43. The minimum Gasteiger partial charge on any atom is -0.264 e. The standard InChI is InChI=1S/C42H26N4/c1-2-9-27(10-3-1)41-40-34-13-4-5-14-35(34)42-37(15-8-20-45-42)39(40)36-17-16-28(24-38(36)46-41)31-21-32(29-11-6-18-43-25-29)23-33(22-31)30-12-7-19-44-26-30/h1-26H. The minimum atomic E-state index is 0.944. The Morgan fingerprint density at radius 1 is 0.370 bits per heavy atom. The second-order valence-electron chi connectivity index (χ2n) is 11.5. The molecular formula is C42H26N4. The van der Waals surface area contributed by atoms with Crippen molar-refractivity contribution >= 4 is 43.4 Å². The van der Waals surface area contributed by atoms with Crippen molar-refractivity contribution < 1.29 is 0 Å². The SMILES string of the molecule is c1ccc(-c2nc3cc(-c4cc(-c5cccnc5)cc(-c5cccnc5)c4)ccc3c3c4cccnc4c4ccccc4c23)cc1. The Kier molecular flexibility index (Phi) is 6.10. The quantitative estimate of drug-likeness (QED) is 0.193. The van der Waals surface area contributed by atoms with Crippen LogP contribution >= 0.6 is 0 Å². The summed E-state index contributed by atoms with van der Waals surface area (Å²) in [6.07, 6.45) is 9.32. The number of fused-ring (bicyclic) bond motifs is 8. The predicted octanol–water partition coefficient (Wildman–Crippen LogP) is 10.5. The van der Waals surface area contributed by atoms with Crippen LogP contribution in [0.25, 0.3) is 88.0 Å². The second-order valence-corrected chi connectivity index (χ2v) is 11.5. The average molecular weight is 587 g/mol. The van der Waals surface area contributed by atoms with E-state index in [9.17, 15) is 0 Å². The molecule has 9 aromatic rings. The van der Waals surface area contributed by atoms with Gasteiger partial charge in [-0.3, -0.25) is 15.0 Å². The Morgan fingerprint density at radius 3 is 1.67 bits per heavy atom. The van der Waals surface area contributed by atoms with Crippen LogP contribution in [0.2, 0.25) is 0 Å². The Bertz CT molecular complexity index is 2510. The van der Waals surface area contributed by atoms with Gasteiger partial charge in [-0.2, -0.15) is 0 Å². The average Bonchev–Trinajstić information content (AvgIpc) is 3.15. The molecule has 0 amide bonds. The molecule has 0 unspecified atom stereocenters. The van der Waals surface area contributed by atoms with E-state index in [0.717, 1.165) is 82.6 Å². The highest BCUT2D eigenvalue weighted by Gasteiger charge is 2.18. The number of hydrogen-bond donors (Lipinski definition) is 0. The van der Waals surface area contributed by atoms with Crippen molar-refractivity contribution in [3.63, 3.8) is 0 Å². The van der Waals surface area contributed by atoms with E-state index >= 15 is 0 Å². The summed E-state index contributed by atoms with van der Waals surface area (Å²) in [6, 6.07) is 44.8. The summed E-state index contributed by atoms with van der Waals surface area (Å²) >= 11 is 0. The molecule has 5 aromatic carbocycles. The maximum atomic E-state index is 5.44. The van der Waals surface area contributed by atoms with Crippen molar-refractivity contribution in [3.05, 3.63) is 158 Å². The predicted molar refractivity (Wildman–Crippen MR) is 189 cm³/mol. The van der Waals surface area contributed by atoms with Gasteiger partial charge in [-0.1, -0.05) is 84.9 Å². The fraction of sp³-hybridized carbons (Fsp3) is 0. The van der Waals surface area contributed by atoms with E-state index in [1.54, 1.807) is 12.4 Å². The third kappa shape index (κ3) is 4.31. The van der Waals surface area contributed by atoms with Gasteiger partial charge in [0, 0.05) is 74.6 Å². The Labute approximate surface area is 265 Å². The van der Waals surface area contributed by atoms with Crippen LogP contribution in [-0.2, 0) is 0 Å². The van der Waals surface area contributed by atoms with Crippen molar-refractivity contribution in [1.82, 2.24) is 19.9 Å². The molecule has 0 aliphatic rings. The lowest BCUT2D eigenvalue weighted by molar-refractivity contribution is 1.32. The molecular weight excluding hydrogens is 560 g/mol. The third-order valence-corrected chi connectivity index (χ3v) is 8.82. The summed E-state index contributed by atoms with van der Waals surface area (Å²) in [4.78, 5) is 19.1. The summed E-state index contributed by atoms with van der Waals surface area (Å²) in [6.45, 7) is 0. The first-order valence-electron chi connectivity index (χ1n) is 15.4. The number of benzene rings is 5. The molecule has 0 aliphatic heterocycles. The molecule has 4 heteroatoms. The normalized spacial score (nSPS) is 11.5. The van der Waals surface area contributed by atoms with E-state index in [1.807, 2.05) is 36.8 Å². The zero-order chi connectivity index (χ0) is 30.5. The molecule has 46 heavy (non-hydrogen) atoms. The van der Waals surface area contributed by atoms with Crippen LogP contribution in [0.5, 0.6) is 0 Å². The van der Waals surface area contributed by atoms with Gasteiger partial charge in [0.05, 0.1) is 16.7 Å². The van der Waals surface area contributed by atoms with E-state index in [4.69, 9.17) is 9.97 Å². The molecule has 0 saturated heterocycles. The first-order valence-corrected chi connectivity index (χ1v) is 15.4. The summed E-state index contributed by atoms with van der Waals surface area (Å²) in [5.41, 5.74) is 10.5. The number of pyridine rings is 4. The lowest BCUT2D eigenvalue weighted by atomic mass is 9.90. The maximum absolute atomic E-state index is 5.44. The first-order chi connectivity index (χ1) is 22.8. The van der Waals surface area contributed by atoms with Crippen molar-refractivity contribution in [2.75, 3.05) is 0 Å². The van der Waals surface area contributed by atoms with Crippen molar-refractivity contribution in [2.24, 2.45) is 0 Å². The van der Waals surface area contributed by atoms with E-state index < -0.39 is 0 Å². The zero-order valence-corrected chi connectivity index (χ0v) is 24.8. The molecule has 4 heterocycles. The van der Waals surface area contributed by atoms with E-state index in [1.165, 1.54) is 5.39 Å². The highest BCUT2D eigenvalue weighted by molar-refractivity contribution is 6.32. The molecule has 0 bridgehead atoms. The van der Waals surface area contributed by atoms with Crippen LogP contribution in [0.1, 0.15) is 0 Å². The third-order valence-electron chi connectivity index (χ3n) is 8.82. The summed E-state index contributed by atoms with van der Waals surface area (Å²) in [5.74, 6) is 0. The summed E-state index contributed by atoms with van der Waals surface area (Å²) in [7, 11) is 0. The maximum Gasteiger partial charge on any atom is 0.0794 e. The lowest BCUT2D eigenvalue weighted by Gasteiger charge is -2.17. The largest absolute Gasteiger partial charge is 0.264 e.